The Morgan fingerprint density at radius 3 is 1.21 bits per heavy atom. The van der Waals surface area contributed by atoms with E-state index in [2.05, 4.69) is 6.07 Å². The van der Waals surface area contributed by atoms with Crippen molar-refractivity contribution in [2.75, 3.05) is 0 Å². The van der Waals surface area contributed by atoms with Crippen LogP contribution in [-0.2, 0) is 0 Å². The third-order valence-corrected chi connectivity index (χ3v) is 6.43. The zero-order valence-electron chi connectivity index (χ0n) is 18.4. The van der Waals surface area contributed by atoms with Crippen LogP contribution in [0.25, 0.3) is 33.4 Å². The minimum absolute atomic E-state index is 0.110. The molecule has 0 heterocycles. The first-order valence-electron chi connectivity index (χ1n) is 11.3. The molecule has 6 rings (SSSR count). The summed E-state index contributed by atoms with van der Waals surface area (Å²) in [5.41, 5.74) is 7.23. The molecule has 5 aromatic rings. The molecule has 0 bridgehead atoms. The van der Waals surface area contributed by atoms with Gasteiger partial charge in [0.25, 0.3) is 0 Å². The molecule has 160 valence electrons. The summed E-state index contributed by atoms with van der Waals surface area (Å²) in [7, 11) is 0. The van der Waals surface area contributed by atoms with Crippen molar-refractivity contribution in [3.8, 4) is 33.4 Å². The van der Waals surface area contributed by atoms with Gasteiger partial charge in [-0.2, -0.15) is 0 Å². The fraction of sp³-hybridized carbons (Fsp3) is 0. The second-order valence-corrected chi connectivity index (χ2v) is 8.40. The Labute approximate surface area is 198 Å². The molecule has 0 aromatic heterocycles. The largest absolute Gasteiger partial charge is 0.289 e. The van der Waals surface area contributed by atoms with E-state index < -0.39 is 0 Å². The molecule has 2 heteroatoms. The molecule has 1 aliphatic rings. The highest BCUT2D eigenvalue weighted by atomic mass is 16.1. The van der Waals surface area contributed by atoms with Gasteiger partial charge in [0.2, 0.25) is 0 Å². The number of carbonyl (C=O) groups is 2. The maximum Gasteiger partial charge on any atom is 0.195 e. The monoisotopic (exact) mass is 436 g/mol. The maximum atomic E-state index is 14.1. The Morgan fingerprint density at radius 1 is 0.324 bits per heavy atom. The lowest BCUT2D eigenvalue weighted by molar-refractivity contribution is 0.0980. The highest BCUT2D eigenvalue weighted by Gasteiger charge is 2.35. The van der Waals surface area contributed by atoms with Crippen molar-refractivity contribution in [1.82, 2.24) is 0 Å². The molecular formula is C32H20O2. The van der Waals surface area contributed by atoms with E-state index in [1.165, 1.54) is 0 Å². The van der Waals surface area contributed by atoms with Crippen molar-refractivity contribution in [2.24, 2.45) is 0 Å². The quantitative estimate of drug-likeness (QED) is 0.288. The first-order chi connectivity index (χ1) is 16.7. The number of benzene rings is 5. The van der Waals surface area contributed by atoms with Crippen LogP contribution in [-0.4, -0.2) is 11.6 Å². The van der Waals surface area contributed by atoms with Gasteiger partial charge in [0.05, 0.1) is 0 Å². The minimum atomic E-state index is -0.112. The molecule has 0 saturated carbocycles. The number of fused-ring (bicyclic) bond motifs is 2. The number of rotatable bonds is 3. The zero-order chi connectivity index (χ0) is 23.1. The van der Waals surface area contributed by atoms with Gasteiger partial charge < -0.3 is 0 Å². The molecule has 2 nitrogen and oxygen atoms in total. The molecule has 0 radical (unpaired) electrons. The smallest absolute Gasteiger partial charge is 0.195 e. The van der Waals surface area contributed by atoms with E-state index in [4.69, 9.17) is 0 Å². The fourth-order valence-corrected chi connectivity index (χ4v) is 4.89. The lowest BCUT2D eigenvalue weighted by Gasteiger charge is -2.26. The number of ketones is 2. The van der Waals surface area contributed by atoms with Crippen molar-refractivity contribution in [3.63, 3.8) is 0 Å². The molecule has 34 heavy (non-hydrogen) atoms. The molecule has 0 N–H and O–H groups in total. The predicted molar refractivity (Wildman–Crippen MR) is 136 cm³/mol. The molecule has 0 amide bonds. The SMILES string of the molecule is O=C1c2ccccc2C(=O)c2c1c(-c1ccccc1)cc(-c1ccccc1)c2-c1ccccc1. The molecule has 5 aromatic carbocycles. The van der Waals surface area contributed by atoms with Crippen LogP contribution in [0.4, 0.5) is 0 Å². The van der Waals surface area contributed by atoms with Crippen LogP contribution >= 0.6 is 0 Å². The van der Waals surface area contributed by atoms with Crippen molar-refractivity contribution in [2.45, 2.75) is 0 Å². The highest BCUT2D eigenvalue weighted by Crippen LogP contribution is 2.45. The van der Waals surface area contributed by atoms with Gasteiger partial charge >= 0.3 is 0 Å². The van der Waals surface area contributed by atoms with Crippen LogP contribution in [0.15, 0.2) is 121 Å². The van der Waals surface area contributed by atoms with Gasteiger partial charge in [0.15, 0.2) is 11.6 Å². The third kappa shape index (κ3) is 3.12. The summed E-state index contributed by atoms with van der Waals surface area (Å²) in [6.07, 6.45) is 0. The van der Waals surface area contributed by atoms with Crippen LogP contribution < -0.4 is 0 Å². The lowest BCUT2D eigenvalue weighted by atomic mass is 9.74. The van der Waals surface area contributed by atoms with Gasteiger partial charge in [0.1, 0.15) is 0 Å². The zero-order valence-corrected chi connectivity index (χ0v) is 18.4. The molecule has 0 saturated heterocycles. The predicted octanol–water partition coefficient (Wildman–Crippen LogP) is 7.46. The summed E-state index contributed by atoms with van der Waals surface area (Å²) in [6.45, 7) is 0. The average Bonchev–Trinajstić information content (AvgIpc) is 2.92. The second kappa shape index (κ2) is 8.09. The number of carbonyl (C=O) groups excluding carboxylic acids is 2. The maximum absolute atomic E-state index is 14.1. The second-order valence-electron chi connectivity index (χ2n) is 8.40. The van der Waals surface area contributed by atoms with Crippen molar-refractivity contribution in [3.05, 3.63) is 144 Å². The van der Waals surface area contributed by atoms with Crippen LogP contribution in [0.2, 0.25) is 0 Å². The van der Waals surface area contributed by atoms with E-state index >= 15 is 0 Å². The molecular weight excluding hydrogens is 416 g/mol. The van der Waals surface area contributed by atoms with Gasteiger partial charge in [-0.05, 0) is 33.9 Å². The summed E-state index contributed by atoms with van der Waals surface area (Å²) in [5.74, 6) is -0.222. The van der Waals surface area contributed by atoms with E-state index in [0.717, 1.165) is 33.4 Å². The Bertz CT molecular complexity index is 1550. The van der Waals surface area contributed by atoms with E-state index in [-0.39, 0.29) is 11.6 Å². The molecule has 0 fully saturated rings. The summed E-state index contributed by atoms with van der Waals surface area (Å²) in [6, 6.07) is 39.0. The molecule has 0 aliphatic heterocycles. The van der Waals surface area contributed by atoms with Gasteiger partial charge in [0, 0.05) is 27.8 Å². The molecule has 0 atom stereocenters. The van der Waals surface area contributed by atoms with Crippen molar-refractivity contribution in [1.29, 1.82) is 0 Å². The number of hydrogen-bond donors (Lipinski definition) is 0. The van der Waals surface area contributed by atoms with E-state index in [0.29, 0.717) is 22.3 Å². The lowest BCUT2D eigenvalue weighted by Crippen LogP contribution is -2.23. The van der Waals surface area contributed by atoms with Gasteiger partial charge in [-0.3, -0.25) is 9.59 Å². The van der Waals surface area contributed by atoms with Crippen LogP contribution in [0.5, 0.6) is 0 Å². The topological polar surface area (TPSA) is 34.1 Å². The highest BCUT2D eigenvalue weighted by molar-refractivity contribution is 6.33. The fourth-order valence-electron chi connectivity index (χ4n) is 4.89. The van der Waals surface area contributed by atoms with Gasteiger partial charge in [-0.25, -0.2) is 0 Å². The van der Waals surface area contributed by atoms with Gasteiger partial charge in [-0.15, -0.1) is 0 Å². The Balaban J connectivity index is 1.80. The Kier molecular flexibility index (Phi) is 4.78. The van der Waals surface area contributed by atoms with Crippen molar-refractivity contribution < 1.29 is 9.59 Å². The number of hydrogen-bond acceptors (Lipinski definition) is 2. The van der Waals surface area contributed by atoms with Crippen LogP contribution in [0, 0.1) is 0 Å². The first-order valence-corrected chi connectivity index (χ1v) is 11.3. The van der Waals surface area contributed by atoms with Crippen LogP contribution in [0.3, 0.4) is 0 Å². The summed E-state index contributed by atoms with van der Waals surface area (Å²) < 4.78 is 0. The molecule has 1 aliphatic carbocycles. The average molecular weight is 437 g/mol. The van der Waals surface area contributed by atoms with E-state index in [9.17, 15) is 9.59 Å². The molecule has 0 unspecified atom stereocenters. The summed E-state index contributed by atoms with van der Waals surface area (Å²) >= 11 is 0. The van der Waals surface area contributed by atoms with Crippen LogP contribution in [0.1, 0.15) is 31.8 Å². The Hall–Kier alpha value is -4.56. The third-order valence-electron chi connectivity index (χ3n) is 6.43. The standard InChI is InChI=1S/C32H20O2/c33-31-24-18-10-11-19-25(24)32(34)30-28(23-16-8-3-9-17-23)26(21-12-4-1-5-13-21)20-27(29(30)31)22-14-6-2-7-15-22/h1-20H. The minimum Gasteiger partial charge on any atom is -0.289 e. The summed E-state index contributed by atoms with van der Waals surface area (Å²) in [5, 5.41) is 0. The summed E-state index contributed by atoms with van der Waals surface area (Å²) in [4.78, 5) is 28.0. The molecule has 0 spiro atoms. The van der Waals surface area contributed by atoms with Crippen molar-refractivity contribution >= 4 is 11.6 Å². The first kappa shape index (κ1) is 20.1. The normalized spacial score (nSPS) is 12.2. The Morgan fingerprint density at radius 2 is 0.706 bits per heavy atom. The van der Waals surface area contributed by atoms with Gasteiger partial charge in [-0.1, -0.05) is 115 Å². The van der Waals surface area contributed by atoms with E-state index in [1.807, 2.05) is 103 Å². The van der Waals surface area contributed by atoms with E-state index in [1.54, 1.807) is 12.1 Å².